The summed E-state index contributed by atoms with van der Waals surface area (Å²) in [5, 5.41) is 10.9. The van der Waals surface area contributed by atoms with Crippen molar-refractivity contribution < 1.29 is 0 Å². The average molecular weight is 361 g/mol. The summed E-state index contributed by atoms with van der Waals surface area (Å²) in [5.74, 6) is 0.947. The van der Waals surface area contributed by atoms with E-state index in [0.29, 0.717) is 11.8 Å². The molecule has 0 atom stereocenters. The van der Waals surface area contributed by atoms with Crippen molar-refractivity contribution in [3.63, 3.8) is 0 Å². The molecule has 0 unspecified atom stereocenters. The molecule has 0 aliphatic carbocycles. The second-order valence-electron chi connectivity index (χ2n) is 5.44. The lowest BCUT2D eigenvalue weighted by Crippen LogP contribution is -1.89. The van der Waals surface area contributed by atoms with Crippen LogP contribution in [0, 0.1) is 0 Å². The molecule has 0 amide bonds. The quantitative estimate of drug-likeness (QED) is 0.488. The normalized spacial score (nSPS) is 10.8. The summed E-state index contributed by atoms with van der Waals surface area (Å²) in [5.41, 5.74) is 4.17. The molecule has 0 aliphatic rings. The van der Waals surface area contributed by atoms with Gasteiger partial charge in [0.05, 0.1) is 34.2 Å². The molecular weight excluding hydrogens is 343 g/mol. The Balaban J connectivity index is 0.000000141. The number of halogens is 2. The van der Waals surface area contributed by atoms with Crippen LogP contribution in [0.5, 0.6) is 0 Å². The minimum absolute atomic E-state index is 0.474. The van der Waals surface area contributed by atoms with Crippen molar-refractivity contribution in [3.05, 3.63) is 59.9 Å². The first-order valence-electron chi connectivity index (χ1n) is 7.59. The number of para-hydroxylation sites is 2. The van der Waals surface area contributed by atoms with Crippen LogP contribution in [0.2, 0.25) is 0 Å². The molecule has 0 spiro atoms. The smallest absolute Gasteiger partial charge is 0.0850 e. The number of benzene rings is 2. The monoisotopic (exact) mass is 360 g/mol. The second kappa shape index (κ2) is 7.24. The molecular formula is C18H18Cl2N4. The van der Waals surface area contributed by atoms with Crippen LogP contribution in [0.4, 0.5) is 0 Å². The van der Waals surface area contributed by atoms with Crippen LogP contribution in [0.15, 0.2) is 48.5 Å². The third-order valence-electron chi connectivity index (χ3n) is 3.92. The van der Waals surface area contributed by atoms with Gasteiger partial charge in [0.2, 0.25) is 0 Å². The van der Waals surface area contributed by atoms with Crippen molar-refractivity contribution in [1.82, 2.24) is 19.6 Å². The third-order valence-corrected chi connectivity index (χ3v) is 4.43. The summed E-state index contributed by atoms with van der Waals surface area (Å²) >= 11 is 11.5. The number of rotatable bonds is 2. The molecule has 2 heterocycles. The SMILES string of the molecule is Cn1nc(CCl)c2ccccc21.Cn1nc(CCl)c2ccccc21. The van der Waals surface area contributed by atoms with E-state index in [1.54, 1.807) is 0 Å². The molecule has 4 rings (SSSR count). The van der Waals surface area contributed by atoms with Crippen LogP contribution >= 0.6 is 23.2 Å². The fraction of sp³-hybridized carbons (Fsp3) is 0.222. The molecule has 4 aromatic rings. The standard InChI is InChI=1S/2C9H9ClN2/c2*1-12-9-5-3-2-4-7(9)8(6-10)11-12/h2*2-5H,6H2,1H3. The van der Waals surface area contributed by atoms with Crippen molar-refractivity contribution in [2.75, 3.05) is 0 Å². The topological polar surface area (TPSA) is 35.6 Å². The van der Waals surface area contributed by atoms with Gasteiger partial charge in [0.15, 0.2) is 0 Å². The molecule has 0 aliphatic heterocycles. The molecule has 0 saturated heterocycles. The van der Waals surface area contributed by atoms with Gasteiger partial charge < -0.3 is 0 Å². The molecule has 24 heavy (non-hydrogen) atoms. The lowest BCUT2D eigenvalue weighted by atomic mass is 10.2. The number of hydrogen-bond acceptors (Lipinski definition) is 2. The van der Waals surface area contributed by atoms with Crippen LogP contribution in [0.3, 0.4) is 0 Å². The van der Waals surface area contributed by atoms with E-state index in [-0.39, 0.29) is 0 Å². The third kappa shape index (κ3) is 3.12. The molecule has 0 bridgehead atoms. The summed E-state index contributed by atoms with van der Waals surface area (Å²) in [6.07, 6.45) is 0. The van der Waals surface area contributed by atoms with Gasteiger partial charge in [-0.05, 0) is 12.1 Å². The van der Waals surface area contributed by atoms with Crippen LogP contribution < -0.4 is 0 Å². The Morgan fingerprint density at radius 3 is 1.46 bits per heavy atom. The lowest BCUT2D eigenvalue weighted by molar-refractivity contribution is 0.780. The summed E-state index contributed by atoms with van der Waals surface area (Å²) in [4.78, 5) is 0. The molecule has 0 radical (unpaired) electrons. The fourth-order valence-electron chi connectivity index (χ4n) is 2.77. The van der Waals surface area contributed by atoms with Gasteiger partial charge >= 0.3 is 0 Å². The fourth-order valence-corrected chi connectivity index (χ4v) is 3.17. The van der Waals surface area contributed by atoms with E-state index in [1.165, 1.54) is 0 Å². The lowest BCUT2D eigenvalue weighted by Gasteiger charge is -1.90. The molecule has 2 aromatic heterocycles. The van der Waals surface area contributed by atoms with Crippen molar-refractivity contribution in [2.24, 2.45) is 14.1 Å². The summed E-state index contributed by atoms with van der Waals surface area (Å²) in [6, 6.07) is 16.2. The number of aryl methyl sites for hydroxylation is 2. The highest BCUT2D eigenvalue weighted by molar-refractivity contribution is 6.18. The summed E-state index contributed by atoms with van der Waals surface area (Å²) < 4.78 is 3.71. The molecule has 124 valence electrons. The van der Waals surface area contributed by atoms with Gasteiger partial charge in [0, 0.05) is 24.9 Å². The van der Waals surface area contributed by atoms with E-state index in [4.69, 9.17) is 23.2 Å². The van der Waals surface area contributed by atoms with Crippen LogP contribution in [-0.4, -0.2) is 19.6 Å². The first-order valence-corrected chi connectivity index (χ1v) is 8.65. The molecule has 0 saturated carbocycles. The first kappa shape index (κ1) is 16.8. The van der Waals surface area contributed by atoms with E-state index in [0.717, 1.165) is 33.2 Å². The Morgan fingerprint density at radius 1 is 0.708 bits per heavy atom. The zero-order chi connectivity index (χ0) is 17.1. The zero-order valence-electron chi connectivity index (χ0n) is 13.6. The average Bonchev–Trinajstić information content (AvgIpc) is 3.13. The van der Waals surface area contributed by atoms with Crippen molar-refractivity contribution in [1.29, 1.82) is 0 Å². The predicted molar refractivity (Wildman–Crippen MR) is 101 cm³/mol. The van der Waals surface area contributed by atoms with E-state index < -0.39 is 0 Å². The second-order valence-corrected chi connectivity index (χ2v) is 5.98. The molecule has 0 N–H and O–H groups in total. The Labute approximate surface area is 150 Å². The predicted octanol–water partition coefficient (Wildman–Crippen LogP) is 4.62. The van der Waals surface area contributed by atoms with Crippen molar-refractivity contribution in [3.8, 4) is 0 Å². The highest BCUT2D eigenvalue weighted by Gasteiger charge is 2.05. The van der Waals surface area contributed by atoms with Gasteiger partial charge in [-0.25, -0.2) is 0 Å². The van der Waals surface area contributed by atoms with Gasteiger partial charge in [0.25, 0.3) is 0 Å². The molecule has 2 aromatic carbocycles. The number of aromatic nitrogens is 4. The summed E-state index contributed by atoms with van der Waals surface area (Å²) in [6.45, 7) is 0. The number of alkyl halides is 2. The Hall–Kier alpha value is -2.04. The van der Waals surface area contributed by atoms with E-state index in [2.05, 4.69) is 10.2 Å². The molecule has 0 fully saturated rings. The maximum Gasteiger partial charge on any atom is 0.0850 e. The molecule has 4 nitrogen and oxygen atoms in total. The summed E-state index contributed by atoms with van der Waals surface area (Å²) in [7, 11) is 3.86. The van der Waals surface area contributed by atoms with E-state index in [9.17, 15) is 0 Å². The van der Waals surface area contributed by atoms with Gasteiger partial charge in [-0.1, -0.05) is 36.4 Å². The van der Waals surface area contributed by atoms with Crippen molar-refractivity contribution in [2.45, 2.75) is 11.8 Å². The Morgan fingerprint density at radius 2 is 1.08 bits per heavy atom. The Kier molecular flexibility index (Phi) is 5.07. The van der Waals surface area contributed by atoms with E-state index >= 15 is 0 Å². The van der Waals surface area contributed by atoms with Gasteiger partial charge in [-0.3, -0.25) is 9.36 Å². The van der Waals surface area contributed by atoms with Crippen molar-refractivity contribution >= 4 is 45.0 Å². The maximum atomic E-state index is 5.74. The minimum atomic E-state index is 0.474. The maximum absolute atomic E-state index is 5.74. The minimum Gasteiger partial charge on any atom is -0.268 e. The van der Waals surface area contributed by atoms with Gasteiger partial charge in [-0.15, -0.1) is 23.2 Å². The first-order chi connectivity index (χ1) is 11.7. The molecule has 6 heteroatoms. The number of nitrogens with zero attached hydrogens (tertiary/aromatic N) is 4. The highest BCUT2D eigenvalue weighted by Crippen LogP contribution is 2.19. The number of fused-ring (bicyclic) bond motifs is 2. The Bertz CT molecular complexity index is 892. The van der Waals surface area contributed by atoms with Gasteiger partial charge in [0.1, 0.15) is 0 Å². The van der Waals surface area contributed by atoms with Gasteiger partial charge in [-0.2, -0.15) is 10.2 Å². The highest BCUT2D eigenvalue weighted by atomic mass is 35.5. The van der Waals surface area contributed by atoms with Crippen LogP contribution in [-0.2, 0) is 25.9 Å². The van der Waals surface area contributed by atoms with Crippen LogP contribution in [0.25, 0.3) is 21.8 Å². The van der Waals surface area contributed by atoms with Crippen LogP contribution in [0.1, 0.15) is 11.4 Å². The van der Waals surface area contributed by atoms with E-state index in [1.807, 2.05) is 72.0 Å². The largest absolute Gasteiger partial charge is 0.268 e. The number of hydrogen-bond donors (Lipinski definition) is 0. The zero-order valence-corrected chi connectivity index (χ0v) is 15.1.